The molecule has 5 heterocycles. The van der Waals surface area contributed by atoms with Gasteiger partial charge in [-0.25, -0.2) is 0 Å². The first kappa shape index (κ1) is 30.4. The maximum atomic E-state index is 6.07. The van der Waals surface area contributed by atoms with Crippen molar-refractivity contribution in [3.63, 3.8) is 0 Å². The van der Waals surface area contributed by atoms with Crippen LogP contribution in [0.3, 0.4) is 0 Å². The normalized spacial score (nSPS) is 21.1. The van der Waals surface area contributed by atoms with Crippen LogP contribution >= 0.6 is 0 Å². The van der Waals surface area contributed by atoms with Crippen LogP contribution < -0.4 is 10.7 Å². The predicted octanol–water partition coefficient (Wildman–Crippen LogP) is 7.47. The minimum Gasteiger partial charge on any atom is -0.356 e. The van der Waals surface area contributed by atoms with Gasteiger partial charge in [-0.15, -0.1) is 0 Å². The van der Waals surface area contributed by atoms with E-state index in [2.05, 4.69) is 130 Å². The Hall–Kier alpha value is -4.26. The van der Waals surface area contributed by atoms with Crippen molar-refractivity contribution in [3.8, 4) is 22.3 Å². The zero-order valence-electron chi connectivity index (χ0n) is 28.2. The molecule has 0 spiro atoms. The van der Waals surface area contributed by atoms with Gasteiger partial charge in [-0.2, -0.15) is 0 Å². The molecule has 0 aliphatic carbocycles. The third-order valence-electron chi connectivity index (χ3n) is 9.92. The number of aromatic amines is 2. The van der Waals surface area contributed by atoms with Gasteiger partial charge < -0.3 is 19.4 Å². The number of ether oxygens (including phenoxy) is 2. The summed E-state index contributed by atoms with van der Waals surface area (Å²) in [6.07, 6.45) is 7.62. The highest BCUT2D eigenvalue weighted by Crippen LogP contribution is 2.50. The molecule has 0 saturated carbocycles. The van der Waals surface area contributed by atoms with Gasteiger partial charge in [0.05, 0.1) is 0 Å². The SMILES string of the molecule is COC(OC)C12CC(C)(C)C(=N1)C=c1[nH]c(cc1-c1ccc(C)cc1)=CC1=NC(=Cc3[nH]c2cc3-c2ccc(C)cc2)C(C)(C)C1. The van der Waals surface area contributed by atoms with Crippen molar-refractivity contribution in [2.45, 2.75) is 66.2 Å². The van der Waals surface area contributed by atoms with E-state index < -0.39 is 11.8 Å². The van der Waals surface area contributed by atoms with Crippen LogP contribution in [-0.2, 0) is 15.0 Å². The second-order valence-electron chi connectivity index (χ2n) is 14.6. The Bertz CT molecular complexity index is 2030. The smallest absolute Gasteiger partial charge is 0.187 e. The van der Waals surface area contributed by atoms with Gasteiger partial charge in [-0.05, 0) is 61.8 Å². The second-order valence-corrected chi connectivity index (χ2v) is 14.6. The van der Waals surface area contributed by atoms with E-state index >= 15 is 0 Å². The Morgan fingerprint density at radius 1 is 0.739 bits per heavy atom. The number of benzene rings is 2. The van der Waals surface area contributed by atoms with E-state index in [1.165, 1.54) is 11.1 Å². The summed E-state index contributed by atoms with van der Waals surface area (Å²) in [6, 6.07) is 21.9. The molecule has 6 nitrogen and oxygen atoms in total. The number of aromatic nitrogens is 2. The zero-order valence-corrected chi connectivity index (χ0v) is 28.2. The van der Waals surface area contributed by atoms with Crippen LogP contribution in [0.4, 0.5) is 0 Å². The molecule has 1 unspecified atom stereocenters. The summed E-state index contributed by atoms with van der Waals surface area (Å²) in [7, 11) is 3.41. The molecule has 3 aliphatic heterocycles. The van der Waals surface area contributed by atoms with Gasteiger partial charge in [0, 0.05) is 81.8 Å². The summed E-state index contributed by atoms with van der Waals surface area (Å²) in [5.41, 5.74) is 10.9. The van der Waals surface area contributed by atoms with Crippen molar-refractivity contribution in [2.75, 3.05) is 14.2 Å². The van der Waals surface area contributed by atoms with Gasteiger partial charge in [0.2, 0.25) is 0 Å². The third-order valence-corrected chi connectivity index (χ3v) is 9.92. The van der Waals surface area contributed by atoms with Gasteiger partial charge in [0.1, 0.15) is 0 Å². The van der Waals surface area contributed by atoms with Crippen molar-refractivity contribution >= 4 is 29.7 Å². The number of hydrogen-bond acceptors (Lipinski definition) is 4. The number of fused-ring (bicyclic) bond motifs is 7. The standard InChI is InChI=1S/C40H44N4O2/c1-24-9-13-26(14-10-24)30-18-28-17-29-22-38(3,4)34(42-29)20-33-31(27-15-11-25(2)12-16-27)19-36(43-33)40(37(45-7)46-8)23-39(5,6)35(44-40)21-32(30)41-28/h9-21,37,41,43H,22-23H2,1-8H3. The van der Waals surface area contributed by atoms with Crippen LogP contribution in [0.1, 0.15) is 63.1 Å². The zero-order chi connectivity index (χ0) is 32.4. The van der Waals surface area contributed by atoms with Gasteiger partial charge >= 0.3 is 0 Å². The lowest BCUT2D eigenvalue weighted by Gasteiger charge is -2.34. The number of hydrogen-bond donors (Lipinski definition) is 2. The number of nitrogens with one attached hydrogen (secondary N) is 2. The number of rotatable bonds is 5. The lowest BCUT2D eigenvalue weighted by molar-refractivity contribution is -0.152. The maximum Gasteiger partial charge on any atom is 0.187 e. The fourth-order valence-electron chi connectivity index (χ4n) is 7.40. The van der Waals surface area contributed by atoms with E-state index in [9.17, 15) is 0 Å². The van der Waals surface area contributed by atoms with Gasteiger partial charge in [0.25, 0.3) is 0 Å². The fraction of sp³-hybridized carbons (Fsp3) is 0.350. The van der Waals surface area contributed by atoms with Crippen molar-refractivity contribution in [2.24, 2.45) is 20.8 Å². The molecule has 7 rings (SSSR count). The van der Waals surface area contributed by atoms with Gasteiger partial charge in [-0.3, -0.25) is 9.98 Å². The number of H-pyrrole nitrogens is 2. The number of methoxy groups -OCH3 is 2. The molecule has 2 N–H and O–H groups in total. The summed E-state index contributed by atoms with van der Waals surface area (Å²) >= 11 is 0. The topological polar surface area (TPSA) is 74.8 Å². The Kier molecular flexibility index (Phi) is 7.22. The highest BCUT2D eigenvalue weighted by Gasteiger charge is 2.53. The van der Waals surface area contributed by atoms with E-state index in [-0.39, 0.29) is 10.8 Å². The van der Waals surface area contributed by atoms with E-state index in [1.807, 2.05) is 0 Å². The molecule has 0 radical (unpaired) electrons. The lowest BCUT2D eigenvalue weighted by Crippen LogP contribution is -2.41. The molecule has 4 aromatic rings. The number of aryl methyl sites for hydroxylation is 2. The molecular formula is C40H44N4O2. The highest BCUT2D eigenvalue weighted by atomic mass is 16.7. The maximum absolute atomic E-state index is 6.07. The summed E-state index contributed by atoms with van der Waals surface area (Å²) in [5, 5.41) is 2.06. The van der Waals surface area contributed by atoms with E-state index in [0.717, 1.165) is 67.9 Å². The summed E-state index contributed by atoms with van der Waals surface area (Å²) < 4.78 is 12.1. The van der Waals surface area contributed by atoms with E-state index in [4.69, 9.17) is 19.5 Å². The van der Waals surface area contributed by atoms with Gasteiger partial charge in [-0.1, -0.05) is 87.4 Å². The Labute approximate surface area is 271 Å². The molecule has 6 heteroatoms. The monoisotopic (exact) mass is 612 g/mol. The minimum atomic E-state index is -0.805. The van der Waals surface area contributed by atoms with Crippen LogP contribution in [0.5, 0.6) is 0 Å². The largest absolute Gasteiger partial charge is 0.356 e. The first-order chi connectivity index (χ1) is 21.9. The molecule has 236 valence electrons. The summed E-state index contributed by atoms with van der Waals surface area (Å²) in [4.78, 5) is 18.4. The molecule has 0 fully saturated rings. The van der Waals surface area contributed by atoms with Crippen LogP contribution in [0.2, 0.25) is 0 Å². The van der Waals surface area contributed by atoms with Crippen LogP contribution in [0.25, 0.3) is 40.5 Å². The van der Waals surface area contributed by atoms with Crippen LogP contribution in [0.15, 0.2) is 76.3 Å². The molecular weight excluding hydrogens is 568 g/mol. The second kappa shape index (κ2) is 10.9. The van der Waals surface area contributed by atoms with Crippen molar-refractivity contribution in [3.05, 3.63) is 99.6 Å². The Morgan fingerprint density at radius 3 is 2.00 bits per heavy atom. The number of aliphatic imine (C=N–C) groups is 2. The van der Waals surface area contributed by atoms with E-state index in [0.29, 0.717) is 6.42 Å². The number of allylic oxidation sites excluding steroid dienone is 1. The van der Waals surface area contributed by atoms with E-state index in [1.54, 1.807) is 14.2 Å². The molecule has 1 atom stereocenters. The molecule has 2 aromatic carbocycles. The first-order valence-electron chi connectivity index (χ1n) is 16.2. The highest BCUT2D eigenvalue weighted by molar-refractivity contribution is 6.15. The average molecular weight is 613 g/mol. The van der Waals surface area contributed by atoms with Crippen molar-refractivity contribution in [1.82, 2.24) is 9.97 Å². The molecule has 0 saturated heterocycles. The van der Waals surface area contributed by atoms with Crippen molar-refractivity contribution < 1.29 is 9.47 Å². The summed E-state index contributed by atoms with van der Waals surface area (Å²) in [6.45, 7) is 13.3. The molecule has 8 bridgehead atoms. The third kappa shape index (κ3) is 5.14. The fourth-order valence-corrected chi connectivity index (χ4v) is 7.40. The molecule has 46 heavy (non-hydrogen) atoms. The predicted molar refractivity (Wildman–Crippen MR) is 189 cm³/mol. The van der Waals surface area contributed by atoms with Crippen LogP contribution in [0, 0.1) is 24.7 Å². The Balaban J connectivity index is 1.56. The summed E-state index contributed by atoms with van der Waals surface area (Å²) in [5.74, 6) is 0. The molecule has 2 aromatic heterocycles. The minimum absolute atomic E-state index is 0.139. The quantitative estimate of drug-likeness (QED) is 0.230. The van der Waals surface area contributed by atoms with Gasteiger partial charge in [0.15, 0.2) is 11.8 Å². The first-order valence-corrected chi connectivity index (χ1v) is 16.2. The Morgan fingerprint density at radius 2 is 1.37 bits per heavy atom. The molecule has 3 aliphatic rings. The number of nitrogens with zero attached hydrogens (tertiary/aromatic N) is 2. The van der Waals surface area contributed by atoms with Crippen molar-refractivity contribution in [1.29, 1.82) is 0 Å². The van der Waals surface area contributed by atoms with Crippen LogP contribution in [-0.4, -0.2) is 41.9 Å². The molecule has 0 amide bonds. The average Bonchev–Trinajstić information content (AvgIpc) is 3.74. The lowest BCUT2D eigenvalue weighted by atomic mass is 9.77.